The van der Waals surface area contributed by atoms with Crippen LogP contribution in [0.5, 0.6) is 0 Å². The first-order valence-electron chi connectivity index (χ1n) is 11.0. The van der Waals surface area contributed by atoms with Crippen LogP contribution in [0.4, 0.5) is 0 Å². The lowest BCUT2D eigenvalue weighted by Gasteiger charge is -2.09. The minimum Gasteiger partial charge on any atom is -0.465 e. The summed E-state index contributed by atoms with van der Waals surface area (Å²) in [5, 5.41) is 0. The van der Waals surface area contributed by atoms with E-state index in [1.165, 1.54) is 33.4 Å². The van der Waals surface area contributed by atoms with Crippen molar-refractivity contribution in [1.82, 2.24) is 4.98 Å². The number of aryl methyl sites for hydroxylation is 3. The second-order valence-corrected chi connectivity index (χ2v) is 8.34. The molecule has 2 aliphatic carbocycles. The minimum absolute atomic E-state index is 0.794. The summed E-state index contributed by atoms with van der Waals surface area (Å²) in [6, 6.07) is 20.8. The molecule has 0 radical (unpaired) electrons. The topological polar surface area (TPSA) is 39.2 Å². The smallest absolute Gasteiger partial charge is 0.126 e. The van der Waals surface area contributed by atoms with Crippen molar-refractivity contribution >= 4 is 24.3 Å². The first-order chi connectivity index (χ1) is 16.1. The molecule has 0 amide bonds. The van der Waals surface area contributed by atoms with E-state index < -0.39 is 0 Å². The van der Waals surface area contributed by atoms with Gasteiger partial charge >= 0.3 is 0 Å². The third kappa shape index (κ3) is 4.44. The van der Waals surface area contributed by atoms with Gasteiger partial charge in [0.25, 0.3) is 0 Å². The third-order valence-corrected chi connectivity index (χ3v) is 5.76. The minimum atomic E-state index is 0.794. The average Bonchev–Trinajstić information content (AvgIpc) is 3.56. The van der Waals surface area contributed by atoms with E-state index in [4.69, 9.17) is 13.8 Å². The maximum absolute atomic E-state index is 5.45. The van der Waals surface area contributed by atoms with Crippen LogP contribution in [0, 0.1) is 20.8 Å². The molecule has 0 saturated carbocycles. The van der Waals surface area contributed by atoms with E-state index in [1.54, 1.807) is 12.5 Å². The predicted molar refractivity (Wildman–Crippen MR) is 136 cm³/mol. The Balaban J connectivity index is 1.64. The molecule has 5 rings (SSSR count). The molecule has 0 fully saturated rings. The Labute approximate surface area is 194 Å². The zero-order valence-corrected chi connectivity index (χ0v) is 19.0. The van der Waals surface area contributed by atoms with Crippen LogP contribution in [0.2, 0.25) is 0 Å². The second-order valence-electron chi connectivity index (χ2n) is 8.34. The molecule has 0 N–H and O–H groups in total. The Kier molecular flexibility index (Phi) is 5.54. The molecule has 0 aromatic carbocycles. The molecular weight excluding hydrogens is 406 g/mol. The van der Waals surface area contributed by atoms with E-state index in [9.17, 15) is 0 Å². The van der Waals surface area contributed by atoms with Gasteiger partial charge in [-0.25, -0.2) is 4.98 Å². The van der Waals surface area contributed by atoms with Gasteiger partial charge in [0.05, 0.1) is 23.9 Å². The Bertz CT molecular complexity index is 1360. The van der Waals surface area contributed by atoms with Gasteiger partial charge in [0.1, 0.15) is 11.5 Å². The number of hydrogen-bond donors (Lipinski definition) is 0. The number of nitrogens with zero attached hydrogens (tertiary/aromatic N) is 1. The highest BCUT2D eigenvalue weighted by molar-refractivity contribution is 5.91. The summed E-state index contributed by atoms with van der Waals surface area (Å²) in [7, 11) is 0. The molecule has 3 nitrogen and oxygen atoms in total. The van der Waals surface area contributed by atoms with E-state index in [-0.39, 0.29) is 0 Å². The van der Waals surface area contributed by atoms with Gasteiger partial charge in [-0.05, 0) is 115 Å². The van der Waals surface area contributed by atoms with Crippen molar-refractivity contribution < 1.29 is 8.83 Å². The Morgan fingerprint density at radius 1 is 0.636 bits per heavy atom. The van der Waals surface area contributed by atoms with Crippen molar-refractivity contribution in [2.24, 2.45) is 0 Å². The van der Waals surface area contributed by atoms with Crippen LogP contribution in [0.15, 0.2) is 82.0 Å². The maximum atomic E-state index is 5.45. The van der Waals surface area contributed by atoms with Crippen LogP contribution in [0.1, 0.15) is 39.6 Å². The highest BCUT2D eigenvalue weighted by Gasteiger charge is 2.16. The first kappa shape index (κ1) is 20.8. The quantitative estimate of drug-likeness (QED) is 0.281. The fourth-order valence-electron chi connectivity index (χ4n) is 4.35. The van der Waals surface area contributed by atoms with Gasteiger partial charge < -0.3 is 8.83 Å². The van der Waals surface area contributed by atoms with Crippen LogP contribution in [0.3, 0.4) is 0 Å². The Morgan fingerprint density at radius 2 is 1.21 bits per heavy atom. The second kappa shape index (κ2) is 8.79. The summed E-state index contributed by atoms with van der Waals surface area (Å²) in [6.07, 6.45) is 11.2. The van der Waals surface area contributed by atoms with Gasteiger partial charge in [0.2, 0.25) is 0 Å². The lowest BCUT2D eigenvalue weighted by molar-refractivity contribution is 0.557. The molecule has 0 unspecified atom stereocenters. The van der Waals surface area contributed by atoms with Gasteiger partial charge in [-0.15, -0.1) is 0 Å². The molecule has 33 heavy (non-hydrogen) atoms. The number of rotatable bonds is 5. The van der Waals surface area contributed by atoms with E-state index >= 15 is 0 Å². The van der Waals surface area contributed by atoms with E-state index in [1.807, 2.05) is 48.6 Å². The van der Waals surface area contributed by atoms with Gasteiger partial charge in [-0.1, -0.05) is 29.8 Å². The fraction of sp³-hybridized carbons (Fsp3) is 0.100. The van der Waals surface area contributed by atoms with Gasteiger partial charge in [0, 0.05) is 0 Å². The van der Waals surface area contributed by atoms with Crippen LogP contribution in [0.25, 0.3) is 46.6 Å². The molecule has 3 aromatic rings. The van der Waals surface area contributed by atoms with Crippen molar-refractivity contribution in [2.45, 2.75) is 20.8 Å². The van der Waals surface area contributed by atoms with E-state index in [2.05, 4.69) is 57.2 Å². The molecule has 0 bridgehead atoms. The molecule has 3 heteroatoms. The summed E-state index contributed by atoms with van der Waals surface area (Å²) in [6.45, 7) is 6.52. The largest absolute Gasteiger partial charge is 0.465 e. The number of hydrogen-bond acceptors (Lipinski definition) is 3. The highest BCUT2D eigenvalue weighted by atomic mass is 16.3. The predicted octanol–water partition coefficient (Wildman–Crippen LogP) is 8.31. The SMILES string of the molecule is Cc1cc(C)c2ccc(-c3cc(/C=C/c4ccco4)nc(/C=C/c4ccco4)c3)c-2c(C)c1. The first-order valence-corrected chi connectivity index (χ1v) is 11.0. The molecule has 0 spiro atoms. The summed E-state index contributed by atoms with van der Waals surface area (Å²) in [4.78, 5) is 4.83. The van der Waals surface area contributed by atoms with Crippen LogP contribution in [-0.4, -0.2) is 4.98 Å². The van der Waals surface area contributed by atoms with Crippen molar-refractivity contribution in [2.75, 3.05) is 0 Å². The fourth-order valence-corrected chi connectivity index (χ4v) is 4.35. The molecular formula is C30H25NO2. The van der Waals surface area contributed by atoms with Gasteiger partial charge in [-0.3, -0.25) is 0 Å². The molecule has 0 atom stereocenters. The number of furan rings is 2. The zero-order chi connectivity index (χ0) is 22.8. The number of pyridine rings is 1. The summed E-state index contributed by atoms with van der Waals surface area (Å²) >= 11 is 0. The van der Waals surface area contributed by atoms with Crippen LogP contribution in [-0.2, 0) is 0 Å². The summed E-state index contributed by atoms with van der Waals surface area (Å²) < 4.78 is 10.9. The lowest BCUT2D eigenvalue weighted by atomic mass is 9.96. The molecule has 3 heterocycles. The van der Waals surface area contributed by atoms with Gasteiger partial charge in [-0.2, -0.15) is 0 Å². The zero-order valence-electron chi connectivity index (χ0n) is 19.0. The van der Waals surface area contributed by atoms with Crippen LogP contribution < -0.4 is 0 Å². The van der Waals surface area contributed by atoms with Crippen LogP contribution >= 0.6 is 0 Å². The molecule has 0 aliphatic heterocycles. The van der Waals surface area contributed by atoms with Crippen molar-refractivity contribution in [3.63, 3.8) is 0 Å². The highest BCUT2D eigenvalue weighted by Crippen LogP contribution is 2.40. The third-order valence-electron chi connectivity index (χ3n) is 5.76. The summed E-state index contributed by atoms with van der Waals surface area (Å²) in [5.41, 5.74) is 10.5. The van der Waals surface area contributed by atoms with Crippen molar-refractivity contribution in [3.05, 3.63) is 113 Å². The monoisotopic (exact) mass is 431 g/mol. The van der Waals surface area contributed by atoms with E-state index in [0.29, 0.717) is 0 Å². The van der Waals surface area contributed by atoms with Gasteiger partial charge in [0.15, 0.2) is 0 Å². The molecule has 162 valence electrons. The van der Waals surface area contributed by atoms with E-state index in [0.717, 1.165) is 28.5 Å². The average molecular weight is 432 g/mol. The van der Waals surface area contributed by atoms with Crippen molar-refractivity contribution in [1.29, 1.82) is 0 Å². The molecule has 3 aromatic heterocycles. The summed E-state index contributed by atoms with van der Waals surface area (Å²) in [5.74, 6) is 1.59. The normalized spacial score (nSPS) is 11.8. The maximum Gasteiger partial charge on any atom is 0.126 e. The lowest BCUT2D eigenvalue weighted by Crippen LogP contribution is -1.90. The Hall–Kier alpha value is -4.11. The standard InChI is InChI=1S/C30H25NO2/c1-20-16-21(2)28-12-13-29(30(28)22(3)17-20)23-18-24(8-10-26-6-4-14-32-26)31-25(19-23)9-11-27-7-5-15-33-27/h4-19H,1-3H3/b10-8+,11-9+. The Morgan fingerprint density at radius 3 is 1.79 bits per heavy atom. The number of aromatic nitrogens is 1. The van der Waals surface area contributed by atoms with Crippen molar-refractivity contribution in [3.8, 4) is 22.3 Å². The molecule has 2 aliphatic rings. The molecule has 0 saturated heterocycles. The number of fused-ring (bicyclic) bond motifs is 1.